The Balaban J connectivity index is 1.62. The lowest BCUT2D eigenvalue weighted by atomic mass is 9.83. The van der Waals surface area contributed by atoms with E-state index in [9.17, 15) is 0 Å². The van der Waals surface area contributed by atoms with Gasteiger partial charge in [-0.2, -0.15) is 0 Å². The average Bonchev–Trinajstić information content (AvgIpc) is 3.28. The van der Waals surface area contributed by atoms with Crippen molar-refractivity contribution in [3.8, 4) is 0 Å². The highest BCUT2D eigenvalue weighted by molar-refractivity contribution is 4.81. The van der Waals surface area contributed by atoms with Crippen LogP contribution in [0.25, 0.3) is 0 Å². The van der Waals surface area contributed by atoms with Crippen LogP contribution in [-0.2, 0) is 4.74 Å². The maximum Gasteiger partial charge on any atom is 0.0593 e. The molecular weight excluding hydrogens is 248 g/mol. The minimum atomic E-state index is 0.675. The lowest BCUT2D eigenvalue weighted by molar-refractivity contribution is 0.0964. The van der Waals surface area contributed by atoms with Crippen molar-refractivity contribution < 1.29 is 4.74 Å². The second-order valence-corrected chi connectivity index (χ2v) is 6.84. The largest absolute Gasteiger partial charge is 0.380 e. The zero-order chi connectivity index (χ0) is 14.2. The van der Waals surface area contributed by atoms with E-state index in [-0.39, 0.29) is 0 Å². The highest BCUT2D eigenvalue weighted by Gasteiger charge is 2.24. The summed E-state index contributed by atoms with van der Waals surface area (Å²) in [5, 5.41) is 3.72. The summed E-state index contributed by atoms with van der Waals surface area (Å²) in [6.07, 6.45) is 9.93. The molecule has 0 amide bonds. The van der Waals surface area contributed by atoms with Gasteiger partial charge in [-0.3, -0.25) is 0 Å². The van der Waals surface area contributed by atoms with Crippen LogP contribution in [0.15, 0.2) is 0 Å². The van der Waals surface area contributed by atoms with E-state index in [1.807, 2.05) is 0 Å². The summed E-state index contributed by atoms with van der Waals surface area (Å²) in [5.41, 5.74) is 0. The van der Waals surface area contributed by atoms with Gasteiger partial charge in [-0.15, -0.1) is 0 Å². The molecule has 118 valence electrons. The number of nitrogens with one attached hydrogen (secondary N) is 1. The first-order chi connectivity index (χ1) is 9.79. The van der Waals surface area contributed by atoms with Crippen molar-refractivity contribution in [2.45, 2.75) is 57.9 Å². The van der Waals surface area contributed by atoms with Gasteiger partial charge in [0.1, 0.15) is 0 Å². The van der Waals surface area contributed by atoms with Crippen molar-refractivity contribution >= 4 is 0 Å². The van der Waals surface area contributed by atoms with Gasteiger partial charge in [-0.05, 0) is 51.1 Å². The fourth-order valence-corrected chi connectivity index (χ4v) is 3.36. The van der Waals surface area contributed by atoms with Gasteiger partial charge < -0.3 is 15.0 Å². The third kappa shape index (κ3) is 6.11. The number of nitrogens with zero attached hydrogens (tertiary/aromatic N) is 1. The molecule has 0 aromatic heterocycles. The highest BCUT2D eigenvalue weighted by Crippen LogP contribution is 2.29. The Morgan fingerprint density at radius 2 is 1.90 bits per heavy atom. The third-order valence-corrected chi connectivity index (χ3v) is 4.86. The maximum atomic E-state index is 5.75. The monoisotopic (exact) mass is 282 g/mol. The van der Waals surface area contributed by atoms with E-state index >= 15 is 0 Å². The fourth-order valence-electron chi connectivity index (χ4n) is 3.36. The molecule has 2 aliphatic carbocycles. The van der Waals surface area contributed by atoms with Crippen molar-refractivity contribution in [1.29, 1.82) is 0 Å². The minimum absolute atomic E-state index is 0.675. The van der Waals surface area contributed by atoms with Gasteiger partial charge in [0, 0.05) is 25.7 Å². The maximum absolute atomic E-state index is 5.75. The molecule has 1 atom stereocenters. The van der Waals surface area contributed by atoms with Crippen LogP contribution in [0, 0.1) is 11.8 Å². The van der Waals surface area contributed by atoms with E-state index in [0.29, 0.717) is 6.04 Å². The lowest BCUT2D eigenvalue weighted by Gasteiger charge is -2.33. The molecule has 1 N–H and O–H groups in total. The van der Waals surface area contributed by atoms with Gasteiger partial charge in [0.05, 0.1) is 6.61 Å². The summed E-state index contributed by atoms with van der Waals surface area (Å²) >= 11 is 0. The molecule has 0 heterocycles. The van der Waals surface area contributed by atoms with Gasteiger partial charge in [0.25, 0.3) is 0 Å². The van der Waals surface area contributed by atoms with Crippen LogP contribution in [0.3, 0.4) is 0 Å². The zero-order valence-electron chi connectivity index (χ0n) is 13.6. The van der Waals surface area contributed by atoms with Crippen molar-refractivity contribution in [1.82, 2.24) is 10.2 Å². The quantitative estimate of drug-likeness (QED) is 0.624. The van der Waals surface area contributed by atoms with Crippen molar-refractivity contribution in [2.24, 2.45) is 11.8 Å². The molecule has 20 heavy (non-hydrogen) atoms. The smallest absolute Gasteiger partial charge is 0.0593 e. The summed E-state index contributed by atoms with van der Waals surface area (Å²) in [6, 6.07) is 0.675. The van der Waals surface area contributed by atoms with Crippen LogP contribution < -0.4 is 5.32 Å². The molecule has 0 aromatic carbocycles. The average molecular weight is 282 g/mol. The molecule has 3 nitrogen and oxygen atoms in total. The summed E-state index contributed by atoms with van der Waals surface area (Å²) in [7, 11) is 2.24. The van der Waals surface area contributed by atoms with Crippen LogP contribution in [0.2, 0.25) is 0 Å². The third-order valence-electron chi connectivity index (χ3n) is 4.86. The second kappa shape index (κ2) is 9.01. The first-order valence-electron chi connectivity index (χ1n) is 8.79. The Kier molecular flexibility index (Phi) is 7.32. The van der Waals surface area contributed by atoms with Gasteiger partial charge in [-0.25, -0.2) is 0 Å². The molecule has 0 spiro atoms. The van der Waals surface area contributed by atoms with Crippen LogP contribution in [0.1, 0.15) is 51.9 Å². The van der Waals surface area contributed by atoms with E-state index in [4.69, 9.17) is 4.74 Å². The van der Waals surface area contributed by atoms with E-state index in [2.05, 4.69) is 24.2 Å². The van der Waals surface area contributed by atoms with Crippen LogP contribution in [0.4, 0.5) is 0 Å². The highest BCUT2D eigenvalue weighted by atomic mass is 16.5. The molecule has 0 saturated heterocycles. The van der Waals surface area contributed by atoms with E-state index in [1.165, 1.54) is 51.5 Å². The van der Waals surface area contributed by atoms with Gasteiger partial charge in [0.2, 0.25) is 0 Å². The molecule has 2 rings (SSSR count). The van der Waals surface area contributed by atoms with E-state index in [0.717, 1.165) is 38.1 Å². The van der Waals surface area contributed by atoms with Crippen molar-refractivity contribution in [2.75, 3.05) is 39.9 Å². The van der Waals surface area contributed by atoms with E-state index < -0.39 is 0 Å². The molecule has 2 saturated carbocycles. The standard InChI is InChI=1S/C17H34N2O/c1-3-18-17(16-7-5-4-6-8-16)13-19(2)11-12-20-14-15-9-10-15/h15-18H,3-14H2,1-2H3. The number of likely N-dealkylation sites (N-methyl/N-ethyl adjacent to an activating group) is 2. The summed E-state index contributed by atoms with van der Waals surface area (Å²) < 4.78 is 5.75. The predicted molar refractivity (Wildman–Crippen MR) is 85.1 cm³/mol. The number of ether oxygens (including phenoxy) is 1. The Bertz CT molecular complexity index is 249. The first-order valence-corrected chi connectivity index (χ1v) is 8.79. The molecule has 2 aliphatic rings. The summed E-state index contributed by atoms with van der Waals surface area (Å²) in [5.74, 6) is 1.77. The van der Waals surface area contributed by atoms with Crippen LogP contribution in [-0.4, -0.2) is 50.8 Å². The van der Waals surface area contributed by atoms with Crippen LogP contribution >= 0.6 is 0 Å². The molecule has 1 unspecified atom stereocenters. The fraction of sp³-hybridized carbons (Fsp3) is 1.00. The Hall–Kier alpha value is -0.120. The van der Waals surface area contributed by atoms with Crippen LogP contribution in [0.5, 0.6) is 0 Å². The minimum Gasteiger partial charge on any atom is -0.380 e. The predicted octanol–water partition coefficient (Wildman–Crippen LogP) is 2.90. The molecule has 0 aromatic rings. The molecule has 0 aliphatic heterocycles. The molecule has 0 bridgehead atoms. The first kappa shape index (κ1) is 16.3. The van der Waals surface area contributed by atoms with Crippen molar-refractivity contribution in [3.63, 3.8) is 0 Å². The topological polar surface area (TPSA) is 24.5 Å². The van der Waals surface area contributed by atoms with Gasteiger partial charge in [-0.1, -0.05) is 26.2 Å². The Labute approximate surface area is 125 Å². The number of hydrogen-bond acceptors (Lipinski definition) is 3. The Morgan fingerprint density at radius 3 is 2.55 bits per heavy atom. The molecule has 3 heteroatoms. The van der Waals surface area contributed by atoms with Gasteiger partial charge in [0.15, 0.2) is 0 Å². The zero-order valence-corrected chi connectivity index (χ0v) is 13.6. The molecular formula is C17H34N2O. The van der Waals surface area contributed by atoms with Crippen molar-refractivity contribution in [3.05, 3.63) is 0 Å². The van der Waals surface area contributed by atoms with E-state index in [1.54, 1.807) is 0 Å². The second-order valence-electron chi connectivity index (χ2n) is 6.84. The normalized spacial score (nSPS) is 22.4. The number of rotatable bonds is 10. The lowest BCUT2D eigenvalue weighted by Crippen LogP contribution is -2.45. The number of hydrogen-bond donors (Lipinski definition) is 1. The molecule has 0 radical (unpaired) electrons. The summed E-state index contributed by atoms with van der Waals surface area (Å²) in [6.45, 7) is 7.46. The van der Waals surface area contributed by atoms with Gasteiger partial charge >= 0.3 is 0 Å². The molecule has 2 fully saturated rings. The SMILES string of the molecule is CCNC(CN(C)CCOCC1CC1)C1CCCCC1. The Morgan fingerprint density at radius 1 is 1.15 bits per heavy atom. The summed E-state index contributed by atoms with van der Waals surface area (Å²) in [4.78, 5) is 2.45.